The molecule has 0 saturated carbocycles. The van der Waals surface area contributed by atoms with Gasteiger partial charge in [0.1, 0.15) is 0 Å². The Balaban J connectivity index is 2.46. The minimum absolute atomic E-state index is 0.0336. The molecule has 1 aliphatic rings. The summed E-state index contributed by atoms with van der Waals surface area (Å²) in [7, 11) is 0. The smallest absolute Gasteiger partial charge is 0.251 e. The van der Waals surface area contributed by atoms with Crippen LogP contribution in [0.4, 0.5) is 0 Å². The minimum atomic E-state index is -0.518. The van der Waals surface area contributed by atoms with Crippen LogP contribution < -0.4 is 5.32 Å². The second kappa shape index (κ2) is 3.42. The van der Waals surface area contributed by atoms with E-state index in [1.54, 1.807) is 13.0 Å². The van der Waals surface area contributed by atoms with Crippen LogP contribution in [0.1, 0.15) is 34.5 Å². The highest BCUT2D eigenvalue weighted by molar-refractivity contribution is 5.96. The zero-order valence-corrected chi connectivity index (χ0v) is 8.08. The lowest BCUT2D eigenvalue weighted by molar-refractivity contribution is 0.0945. The number of aliphatic hydroxyl groups is 1. The summed E-state index contributed by atoms with van der Waals surface area (Å²) in [6.45, 7) is 2.41. The van der Waals surface area contributed by atoms with Crippen LogP contribution in [0, 0.1) is 0 Å². The molecule has 0 aromatic heterocycles. The van der Waals surface area contributed by atoms with Crippen molar-refractivity contribution in [1.82, 2.24) is 5.32 Å². The molecule has 3 nitrogen and oxygen atoms in total. The number of aliphatic hydroxyl groups excluding tert-OH is 1. The van der Waals surface area contributed by atoms with E-state index < -0.39 is 6.10 Å². The summed E-state index contributed by atoms with van der Waals surface area (Å²) >= 11 is 0. The molecule has 3 heteroatoms. The third-order valence-electron chi connectivity index (χ3n) is 2.54. The molecule has 0 bridgehead atoms. The zero-order chi connectivity index (χ0) is 10.1. The van der Waals surface area contributed by atoms with Crippen LogP contribution in [0.15, 0.2) is 18.2 Å². The SMILES string of the molecule is C[C@H](O)c1ccc2c(c1)C(=O)NCC2. The molecular weight excluding hydrogens is 178 g/mol. The van der Waals surface area contributed by atoms with E-state index in [9.17, 15) is 9.90 Å². The second-order valence-corrected chi connectivity index (χ2v) is 3.60. The van der Waals surface area contributed by atoms with E-state index in [0.29, 0.717) is 12.1 Å². The molecule has 0 unspecified atom stereocenters. The molecule has 74 valence electrons. The van der Waals surface area contributed by atoms with E-state index in [4.69, 9.17) is 0 Å². The van der Waals surface area contributed by atoms with Crippen molar-refractivity contribution in [1.29, 1.82) is 0 Å². The standard InChI is InChI=1S/C11H13NO2/c1-7(13)9-3-2-8-4-5-12-11(14)10(8)6-9/h2-3,6-7,13H,4-5H2,1H3,(H,12,14)/t7-/m0/s1. The van der Waals surface area contributed by atoms with Crippen molar-refractivity contribution in [2.45, 2.75) is 19.4 Å². The van der Waals surface area contributed by atoms with Gasteiger partial charge in [-0.2, -0.15) is 0 Å². The molecule has 1 aliphatic heterocycles. The maximum Gasteiger partial charge on any atom is 0.251 e. The summed E-state index contributed by atoms with van der Waals surface area (Å²) in [5.74, 6) is -0.0336. The largest absolute Gasteiger partial charge is 0.389 e. The van der Waals surface area contributed by atoms with E-state index in [1.165, 1.54) is 0 Å². The molecule has 1 aromatic rings. The highest BCUT2D eigenvalue weighted by atomic mass is 16.3. The van der Waals surface area contributed by atoms with Gasteiger partial charge in [0, 0.05) is 12.1 Å². The van der Waals surface area contributed by atoms with E-state index in [2.05, 4.69) is 5.32 Å². The quantitative estimate of drug-likeness (QED) is 0.696. The second-order valence-electron chi connectivity index (χ2n) is 3.60. The Morgan fingerprint density at radius 1 is 1.50 bits per heavy atom. The number of benzene rings is 1. The van der Waals surface area contributed by atoms with Gasteiger partial charge in [-0.3, -0.25) is 4.79 Å². The number of hydrogen-bond donors (Lipinski definition) is 2. The average Bonchev–Trinajstić information content (AvgIpc) is 2.18. The molecule has 0 radical (unpaired) electrons. The molecular formula is C11H13NO2. The Bertz CT molecular complexity index is 372. The molecule has 14 heavy (non-hydrogen) atoms. The van der Waals surface area contributed by atoms with Crippen LogP contribution in [-0.2, 0) is 6.42 Å². The molecule has 2 N–H and O–H groups in total. The Morgan fingerprint density at radius 3 is 3.00 bits per heavy atom. The van der Waals surface area contributed by atoms with Gasteiger partial charge in [0.15, 0.2) is 0 Å². The topological polar surface area (TPSA) is 49.3 Å². The Hall–Kier alpha value is -1.35. The monoisotopic (exact) mass is 191 g/mol. The number of rotatable bonds is 1. The molecule has 0 saturated heterocycles. The first kappa shape index (κ1) is 9.21. The lowest BCUT2D eigenvalue weighted by atomic mass is 9.96. The van der Waals surface area contributed by atoms with Crippen LogP contribution in [0.3, 0.4) is 0 Å². The fourth-order valence-corrected chi connectivity index (χ4v) is 1.69. The van der Waals surface area contributed by atoms with Crippen molar-refractivity contribution in [2.75, 3.05) is 6.54 Å². The van der Waals surface area contributed by atoms with Crippen LogP contribution in [-0.4, -0.2) is 17.6 Å². The summed E-state index contributed by atoms with van der Waals surface area (Å²) < 4.78 is 0. The maximum absolute atomic E-state index is 11.5. The van der Waals surface area contributed by atoms with E-state index >= 15 is 0 Å². The average molecular weight is 191 g/mol. The van der Waals surface area contributed by atoms with Crippen LogP contribution in [0.5, 0.6) is 0 Å². The minimum Gasteiger partial charge on any atom is -0.389 e. The van der Waals surface area contributed by atoms with Crippen molar-refractivity contribution < 1.29 is 9.90 Å². The van der Waals surface area contributed by atoms with Crippen LogP contribution >= 0.6 is 0 Å². The van der Waals surface area contributed by atoms with Crippen LogP contribution in [0.2, 0.25) is 0 Å². The number of carbonyl (C=O) groups is 1. The normalized spacial score (nSPS) is 17.1. The van der Waals surface area contributed by atoms with E-state index in [-0.39, 0.29) is 5.91 Å². The molecule has 1 aromatic carbocycles. The van der Waals surface area contributed by atoms with Gasteiger partial charge >= 0.3 is 0 Å². The fourth-order valence-electron chi connectivity index (χ4n) is 1.69. The van der Waals surface area contributed by atoms with Crippen molar-refractivity contribution in [3.8, 4) is 0 Å². The summed E-state index contributed by atoms with van der Waals surface area (Å²) in [6.07, 6.45) is 0.358. The molecule has 1 heterocycles. The Kier molecular flexibility index (Phi) is 2.25. The van der Waals surface area contributed by atoms with Gasteiger partial charge in [-0.15, -0.1) is 0 Å². The molecule has 0 spiro atoms. The van der Waals surface area contributed by atoms with Gasteiger partial charge in [-0.1, -0.05) is 12.1 Å². The molecule has 0 aliphatic carbocycles. The highest BCUT2D eigenvalue weighted by Gasteiger charge is 2.17. The fraction of sp³-hybridized carbons (Fsp3) is 0.364. The third kappa shape index (κ3) is 1.51. The van der Waals surface area contributed by atoms with Crippen LogP contribution in [0.25, 0.3) is 0 Å². The predicted molar refractivity (Wildman–Crippen MR) is 53.1 cm³/mol. The predicted octanol–water partition coefficient (Wildman–Crippen LogP) is 1.03. The zero-order valence-electron chi connectivity index (χ0n) is 8.08. The molecule has 0 fully saturated rings. The summed E-state index contributed by atoms with van der Waals surface area (Å²) in [5, 5.41) is 12.2. The molecule has 1 atom stereocenters. The molecule has 2 rings (SSSR count). The summed E-state index contributed by atoms with van der Waals surface area (Å²) in [5.41, 5.74) is 2.56. The van der Waals surface area contributed by atoms with Gasteiger partial charge in [0.25, 0.3) is 5.91 Å². The third-order valence-corrected chi connectivity index (χ3v) is 2.54. The lowest BCUT2D eigenvalue weighted by Gasteiger charge is -2.17. The summed E-state index contributed by atoms with van der Waals surface area (Å²) in [6, 6.07) is 5.58. The summed E-state index contributed by atoms with van der Waals surface area (Å²) in [4.78, 5) is 11.5. The number of hydrogen-bond acceptors (Lipinski definition) is 2. The van der Waals surface area contributed by atoms with Crippen molar-refractivity contribution in [2.24, 2.45) is 0 Å². The van der Waals surface area contributed by atoms with Gasteiger partial charge in [-0.05, 0) is 30.5 Å². The Morgan fingerprint density at radius 2 is 2.29 bits per heavy atom. The number of nitrogens with one attached hydrogen (secondary N) is 1. The molecule has 1 amide bonds. The van der Waals surface area contributed by atoms with E-state index in [0.717, 1.165) is 17.5 Å². The van der Waals surface area contributed by atoms with Gasteiger partial charge in [-0.25, -0.2) is 0 Å². The first-order valence-electron chi connectivity index (χ1n) is 4.77. The first-order chi connectivity index (χ1) is 6.68. The number of amides is 1. The Labute approximate surface area is 82.8 Å². The van der Waals surface area contributed by atoms with Gasteiger partial charge in [0.2, 0.25) is 0 Å². The van der Waals surface area contributed by atoms with Crippen molar-refractivity contribution >= 4 is 5.91 Å². The lowest BCUT2D eigenvalue weighted by Crippen LogP contribution is -2.31. The maximum atomic E-state index is 11.5. The number of carbonyl (C=O) groups excluding carboxylic acids is 1. The van der Waals surface area contributed by atoms with Gasteiger partial charge < -0.3 is 10.4 Å². The number of fused-ring (bicyclic) bond motifs is 1. The highest BCUT2D eigenvalue weighted by Crippen LogP contribution is 2.19. The van der Waals surface area contributed by atoms with Gasteiger partial charge in [0.05, 0.1) is 6.10 Å². The van der Waals surface area contributed by atoms with E-state index in [1.807, 2.05) is 12.1 Å². The van der Waals surface area contributed by atoms with Crippen molar-refractivity contribution in [3.63, 3.8) is 0 Å². The van der Waals surface area contributed by atoms with Crippen molar-refractivity contribution in [3.05, 3.63) is 34.9 Å². The first-order valence-corrected chi connectivity index (χ1v) is 4.77.